The first-order chi connectivity index (χ1) is 15.7. The van der Waals surface area contributed by atoms with E-state index in [1.54, 1.807) is 18.2 Å². The molecule has 3 N–H and O–H groups in total. The van der Waals surface area contributed by atoms with E-state index in [1.807, 2.05) is 6.08 Å². The van der Waals surface area contributed by atoms with Gasteiger partial charge in [0.05, 0.1) is 24.2 Å². The van der Waals surface area contributed by atoms with Gasteiger partial charge in [-0.05, 0) is 49.5 Å². The van der Waals surface area contributed by atoms with E-state index in [-0.39, 0.29) is 36.1 Å². The molecule has 33 heavy (non-hydrogen) atoms. The molecule has 7 atom stereocenters. The number of aliphatic carboxylic acids is 1. The summed E-state index contributed by atoms with van der Waals surface area (Å²) in [6, 6.07) is 0. The van der Waals surface area contributed by atoms with E-state index < -0.39 is 36.8 Å². The van der Waals surface area contributed by atoms with Crippen LogP contribution < -0.4 is 5.11 Å². The van der Waals surface area contributed by atoms with Gasteiger partial charge < -0.3 is 30.0 Å². The maximum absolute atomic E-state index is 12.9. The summed E-state index contributed by atoms with van der Waals surface area (Å²) >= 11 is 0. The van der Waals surface area contributed by atoms with Crippen molar-refractivity contribution in [2.75, 3.05) is 0 Å². The summed E-state index contributed by atoms with van der Waals surface area (Å²) in [5.74, 6) is -1.97. The lowest BCUT2D eigenvalue weighted by Crippen LogP contribution is -2.43. The molecule has 0 bridgehead atoms. The van der Waals surface area contributed by atoms with Crippen LogP contribution in [-0.2, 0) is 14.3 Å². The molecule has 0 aromatic heterocycles. The molecule has 0 fully saturated rings. The van der Waals surface area contributed by atoms with E-state index in [1.165, 1.54) is 0 Å². The number of aliphatic hydroxyl groups is 3. The fraction of sp³-hybridized carbons (Fsp3) is 0.615. The van der Waals surface area contributed by atoms with Crippen molar-refractivity contribution in [1.29, 1.82) is 0 Å². The van der Waals surface area contributed by atoms with Crippen molar-refractivity contribution in [2.24, 2.45) is 23.7 Å². The number of rotatable bonds is 13. The van der Waals surface area contributed by atoms with E-state index in [2.05, 4.69) is 26.2 Å². The molecule has 2 rings (SSSR count). The van der Waals surface area contributed by atoms with Crippen molar-refractivity contribution in [3.05, 3.63) is 49.1 Å². The van der Waals surface area contributed by atoms with E-state index in [4.69, 9.17) is 4.74 Å². The minimum atomic E-state index is -1.35. The normalized spacial score (nSPS) is 28.4. The van der Waals surface area contributed by atoms with Gasteiger partial charge in [0.2, 0.25) is 0 Å². The molecule has 2 aliphatic rings. The highest BCUT2D eigenvalue weighted by Crippen LogP contribution is 2.44. The van der Waals surface area contributed by atoms with Crippen LogP contribution in [0.4, 0.5) is 0 Å². The molecule has 0 saturated heterocycles. The molecule has 0 spiro atoms. The number of aliphatic hydroxyl groups excluding tert-OH is 3. The SMILES string of the molecule is C=CCC(CC=C)C(=O)O[C@H]1C[C@H](O)C=C2C=C[C@H](C)[C@H](CC[C@@H](O)C[C@@H](O)CC(=O)[O-])[C@H]21. The second kappa shape index (κ2) is 12.9. The molecule has 0 amide bonds. The number of hydrogen-bond donors (Lipinski definition) is 3. The van der Waals surface area contributed by atoms with Crippen LogP contribution in [0.15, 0.2) is 49.1 Å². The highest BCUT2D eigenvalue weighted by Gasteiger charge is 2.42. The maximum Gasteiger partial charge on any atom is 0.309 e. The van der Waals surface area contributed by atoms with Crippen LogP contribution in [0.5, 0.6) is 0 Å². The summed E-state index contributed by atoms with van der Waals surface area (Å²) < 4.78 is 5.95. The molecule has 0 radical (unpaired) electrons. The summed E-state index contributed by atoms with van der Waals surface area (Å²) in [5.41, 5.74) is 0.921. The van der Waals surface area contributed by atoms with Crippen LogP contribution in [-0.4, -0.2) is 51.7 Å². The van der Waals surface area contributed by atoms with E-state index in [0.29, 0.717) is 32.1 Å². The number of carbonyl (C=O) groups is 2. The van der Waals surface area contributed by atoms with Gasteiger partial charge >= 0.3 is 5.97 Å². The Morgan fingerprint density at radius 2 is 1.91 bits per heavy atom. The number of hydrogen-bond acceptors (Lipinski definition) is 7. The van der Waals surface area contributed by atoms with Gasteiger partial charge in [-0.15, -0.1) is 13.2 Å². The van der Waals surface area contributed by atoms with Crippen molar-refractivity contribution in [3.63, 3.8) is 0 Å². The second-order valence-corrected chi connectivity index (χ2v) is 9.30. The quantitative estimate of drug-likeness (QED) is 0.282. The summed E-state index contributed by atoms with van der Waals surface area (Å²) in [6.07, 6.45) is 7.64. The fourth-order valence-electron chi connectivity index (χ4n) is 5.02. The van der Waals surface area contributed by atoms with Crippen molar-refractivity contribution in [3.8, 4) is 0 Å². The number of carbonyl (C=O) groups excluding carboxylic acids is 2. The summed E-state index contributed by atoms with van der Waals surface area (Å²) in [5, 5.41) is 41.1. The lowest BCUT2D eigenvalue weighted by molar-refractivity contribution is -0.307. The van der Waals surface area contributed by atoms with Crippen molar-refractivity contribution < 1.29 is 34.8 Å². The fourth-order valence-corrected chi connectivity index (χ4v) is 5.02. The van der Waals surface area contributed by atoms with Gasteiger partial charge in [-0.3, -0.25) is 4.79 Å². The molecular formula is C26H37O7-. The van der Waals surface area contributed by atoms with E-state index >= 15 is 0 Å². The highest BCUT2D eigenvalue weighted by molar-refractivity contribution is 5.73. The minimum absolute atomic E-state index is 0.0415. The summed E-state index contributed by atoms with van der Waals surface area (Å²) in [7, 11) is 0. The Morgan fingerprint density at radius 1 is 1.24 bits per heavy atom. The lowest BCUT2D eigenvalue weighted by atomic mass is 9.66. The smallest absolute Gasteiger partial charge is 0.309 e. The lowest BCUT2D eigenvalue weighted by Gasteiger charge is -2.43. The minimum Gasteiger partial charge on any atom is -0.550 e. The number of fused-ring (bicyclic) bond motifs is 1. The monoisotopic (exact) mass is 461 g/mol. The molecule has 184 valence electrons. The van der Waals surface area contributed by atoms with Crippen molar-refractivity contribution in [1.82, 2.24) is 0 Å². The van der Waals surface area contributed by atoms with Crippen LogP contribution in [0.3, 0.4) is 0 Å². The third-order valence-corrected chi connectivity index (χ3v) is 6.66. The average molecular weight is 462 g/mol. The zero-order valence-corrected chi connectivity index (χ0v) is 19.3. The first kappa shape index (κ1) is 27.0. The second-order valence-electron chi connectivity index (χ2n) is 9.30. The Morgan fingerprint density at radius 3 is 2.52 bits per heavy atom. The van der Waals surface area contributed by atoms with Crippen LogP contribution in [0.2, 0.25) is 0 Å². The van der Waals surface area contributed by atoms with Gasteiger partial charge in [-0.2, -0.15) is 0 Å². The third-order valence-electron chi connectivity index (χ3n) is 6.66. The van der Waals surface area contributed by atoms with Crippen molar-refractivity contribution >= 4 is 11.9 Å². The van der Waals surface area contributed by atoms with Gasteiger partial charge in [0.1, 0.15) is 6.10 Å². The molecule has 0 unspecified atom stereocenters. The van der Waals surface area contributed by atoms with Gasteiger partial charge in [0.25, 0.3) is 0 Å². The zero-order chi connectivity index (χ0) is 24.5. The predicted octanol–water partition coefficient (Wildman–Crippen LogP) is 1.83. The Hall–Kier alpha value is -2.22. The van der Waals surface area contributed by atoms with Gasteiger partial charge in [-0.1, -0.05) is 37.3 Å². The van der Waals surface area contributed by atoms with E-state index in [9.17, 15) is 30.0 Å². The molecule has 0 aromatic rings. The molecule has 0 heterocycles. The maximum atomic E-state index is 12.9. The number of ether oxygens (including phenoxy) is 1. The molecular weight excluding hydrogens is 424 g/mol. The Bertz CT molecular complexity index is 746. The topological polar surface area (TPSA) is 127 Å². The number of carboxylic acid groups (broad SMARTS) is 1. The van der Waals surface area contributed by atoms with Crippen molar-refractivity contribution in [2.45, 2.75) is 76.3 Å². The zero-order valence-electron chi connectivity index (χ0n) is 19.3. The van der Waals surface area contributed by atoms with Gasteiger partial charge in [-0.25, -0.2) is 0 Å². The van der Waals surface area contributed by atoms with Crippen LogP contribution in [0, 0.1) is 23.7 Å². The Kier molecular flexibility index (Phi) is 10.5. The standard InChI is InChI=1S/C26H38O7/c1-4-6-17(7-5-2)26(32)33-23-14-20(28)12-18-9-8-16(3)22(25(18)23)11-10-19(27)13-21(29)15-24(30)31/h4-5,8-9,12,16-17,19-23,25,27-29H,1-2,6-7,10-11,13-15H2,3H3,(H,30,31)/p-1/t16-,19+,20+,21+,22-,23-,25-/m0/s1. The number of carboxylic acids is 1. The molecule has 7 nitrogen and oxygen atoms in total. The van der Waals surface area contributed by atoms with Crippen LogP contribution in [0.1, 0.15) is 51.9 Å². The molecule has 0 aliphatic heterocycles. The highest BCUT2D eigenvalue weighted by atomic mass is 16.5. The summed E-state index contributed by atoms with van der Waals surface area (Å²) in [6.45, 7) is 9.49. The predicted molar refractivity (Wildman–Crippen MR) is 122 cm³/mol. The average Bonchev–Trinajstić information content (AvgIpc) is 2.72. The van der Waals surface area contributed by atoms with Gasteiger partial charge in [0.15, 0.2) is 0 Å². The third kappa shape index (κ3) is 7.95. The van der Waals surface area contributed by atoms with Gasteiger partial charge in [0, 0.05) is 24.7 Å². The number of esters is 1. The van der Waals surface area contributed by atoms with E-state index in [0.717, 1.165) is 5.57 Å². The molecule has 2 aliphatic carbocycles. The van der Waals surface area contributed by atoms with Crippen LogP contribution >= 0.6 is 0 Å². The molecule has 0 aromatic carbocycles. The largest absolute Gasteiger partial charge is 0.550 e. The molecule has 7 heteroatoms. The Labute approximate surface area is 196 Å². The first-order valence-electron chi connectivity index (χ1n) is 11.7. The molecule has 0 saturated carbocycles. The Balaban J connectivity index is 2.13. The van der Waals surface area contributed by atoms with Crippen LogP contribution in [0.25, 0.3) is 0 Å². The summed E-state index contributed by atoms with van der Waals surface area (Å²) in [4.78, 5) is 23.5. The number of allylic oxidation sites excluding steroid dienone is 4. The first-order valence-corrected chi connectivity index (χ1v) is 11.7.